The van der Waals surface area contributed by atoms with Crippen molar-refractivity contribution in [3.8, 4) is 0 Å². The predicted octanol–water partition coefficient (Wildman–Crippen LogP) is 4.57. The van der Waals surface area contributed by atoms with E-state index in [-0.39, 0.29) is 0 Å². The van der Waals surface area contributed by atoms with E-state index in [1.807, 2.05) is 17.8 Å². The minimum Gasteiger partial charge on any atom is -0.382 e. The lowest BCUT2D eigenvalue weighted by molar-refractivity contribution is 0.717. The third-order valence-corrected chi connectivity index (χ3v) is 3.35. The van der Waals surface area contributed by atoms with Gasteiger partial charge < -0.3 is 5.32 Å². The topological polar surface area (TPSA) is 12.0 Å². The molecule has 1 aromatic rings. The van der Waals surface area contributed by atoms with Crippen LogP contribution < -0.4 is 5.32 Å². The van der Waals surface area contributed by atoms with Crippen molar-refractivity contribution in [1.82, 2.24) is 0 Å². The number of para-hydroxylation sites is 1. The maximum Gasteiger partial charge on any atom is 0.0480 e. The Balaban J connectivity index is 2.60. The van der Waals surface area contributed by atoms with E-state index in [1.54, 1.807) is 0 Å². The zero-order valence-corrected chi connectivity index (χ0v) is 11.0. The average Bonchev–Trinajstić information content (AvgIpc) is 2.29. The van der Waals surface area contributed by atoms with Crippen LogP contribution in [0.15, 0.2) is 41.8 Å². The van der Waals surface area contributed by atoms with E-state index in [0.717, 1.165) is 18.6 Å². The van der Waals surface area contributed by atoms with Gasteiger partial charge in [-0.05, 0) is 37.7 Å². The van der Waals surface area contributed by atoms with Gasteiger partial charge in [0.15, 0.2) is 0 Å². The van der Waals surface area contributed by atoms with Gasteiger partial charge in [-0.25, -0.2) is 0 Å². The third kappa shape index (κ3) is 4.31. The Morgan fingerprint density at radius 2 is 2.19 bits per heavy atom. The first-order chi connectivity index (χ1) is 7.77. The molecule has 0 saturated carbocycles. The largest absolute Gasteiger partial charge is 0.382 e. The highest BCUT2D eigenvalue weighted by Crippen LogP contribution is 2.27. The molecule has 0 radical (unpaired) electrons. The second-order valence-electron chi connectivity index (χ2n) is 3.84. The van der Waals surface area contributed by atoms with Gasteiger partial charge in [-0.1, -0.05) is 25.1 Å². The van der Waals surface area contributed by atoms with Crippen LogP contribution in [0.2, 0.25) is 0 Å². The molecule has 0 bridgehead atoms. The fourth-order valence-corrected chi connectivity index (χ4v) is 2.34. The molecule has 0 aliphatic rings. The molecule has 0 saturated heterocycles. The number of benzene rings is 1. The molecule has 1 aromatic carbocycles. The molecular weight excluding hydrogens is 214 g/mol. The van der Waals surface area contributed by atoms with Crippen LogP contribution in [0.25, 0.3) is 0 Å². The Hall–Kier alpha value is -0.890. The van der Waals surface area contributed by atoms with E-state index in [2.05, 4.69) is 50.0 Å². The predicted molar refractivity (Wildman–Crippen MR) is 75.4 cm³/mol. The van der Waals surface area contributed by atoms with E-state index in [0.29, 0.717) is 6.04 Å². The molecule has 0 fully saturated rings. The first kappa shape index (κ1) is 13.2. The standard InChI is InChI=1S/C14H21NS/c1-4-6-9-12(3)15-13-10-7-8-11-14(13)16-5-2/h4,7-8,10-12,15H,1,5-6,9H2,2-3H3. The number of nitrogens with one attached hydrogen (secondary N) is 1. The Labute approximate surface area is 103 Å². The quantitative estimate of drug-likeness (QED) is 0.549. The SMILES string of the molecule is C=CCCC(C)Nc1ccccc1SCC. The van der Waals surface area contributed by atoms with E-state index in [1.165, 1.54) is 10.6 Å². The van der Waals surface area contributed by atoms with E-state index >= 15 is 0 Å². The first-order valence-corrected chi connectivity index (χ1v) is 6.85. The van der Waals surface area contributed by atoms with Crippen molar-refractivity contribution in [3.05, 3.63) is 36.9 Å². The molecule has 1 atom stereocenters. The number of allylic oxidation sites excluding steroid dienone is 1. The van der Waals surface area contributed by atoms with Crippen LogP contribution in [0, 0.1) is 0 Å². The summed E-state index contributed by atoms with van der Waals surface area (Å²) in [6.07, 6.45) is 4.18. The monoisotopic (exact) mass is 235 g/mol. The van der Waals surface area contributed by atoms with Crippen LogP contribution in [-0.2, 0) is 0 Å². The van der Waals surface area contributed by atoms with Gasteiger partial charge in [-0.3, -0.25) is 0 Å². The van der Waals surface area contributed by atoms with Gasteiger partial charge in [0.05, 0.1) is 0 Å². The summed E-state index contributed by atoms with van der Waals surface area (Å²) in [5.74, 6) is 1.11. The minimum absolute atomic E-state index is 0.497. The number of rotatable bonds is 7. The molecule has 1 unspecified atom stereocenters. The van der Waals surface area contributed by atoms with Gasteiger partial charge in [0.2, 0.25) is 0 Å². The molecular formula is C14H21NS. The Bertz CT molecular complexity index is 322. The summed E-state index contributed by atoms with van der Waals surface area (Å²) in [5, 5.41) is 3.56. The first-order valence-electron chi connectivity index (χ1n) is 5.87. The van der Waals surface area contributed by atoms with Crippen molar-refractivity contribution in [2.75, 3.05) is 11.1 Å². The van der Waals surface area contributed by atoms with Gasteiger partial charge in [0.1, 0.15) is 0 Å². The van der Waals surface area contributed by atoms with Crippen LogP contribution in [0.4, 0.5) is 5.69 Å². The molecule has 1 rings (SSSR count). The molecule has 1 nitrogen and oxygen atoms in total. The van der Waals surface area contributed by atoms with Crippen LogP contribution in [-0.4, -0.2) is 11.8 Å². The fraction of sp³-hybridized carbons (Fsp3) is 0.429. The molecule has 0 aromatic heterocycles. The smallest absolute Gasteiger partial charge is 0.0480 e. The Morgan fingerprint density at radius 3 is 2.88 bits per heavy atom. The van der Waals surface area contributed by atoms with Crippen LogP contribution in [0.3, 0.4) is 0 Å². The highest BCUT2D eigenvalue weighted by molar-refractivity contribution is 7.99. The lowest BCUT2D eigenvalue weighted by atomic mass is 10.1. The molecule has 0 aliphatic carbocycles. The average molecular weight is 235 g/mol. The van der Waals surface area contributed by atoms with Crippen LogP contribution >= 0.6 is 11.8 Å². The zero-order valence-electron chi connectivity index (χ0n) is 10.2. The molecule has 1 N–H and O–H groups in total. The minimum atomic E-state index is 0.497. The normalized spacial score (nSPS) is 12.1. The van der Waals surface area contributed by atoms with Crippen molar-refractivity contribution in [2.24, 2.45) is 0 Å². The highest BCUT2D eigenvalue weighted by atomic mass is 32.2. The molecule has 88 valence electrons. The Morgan fingerprint density at radius 1 is 1.44 bits per heavy atom. The lowest BCUT2D eigenvalue weighted by Gasteiger charge is -2.17. The second kappa shape index (κ2) is 7.39. The summed E-state index contributed by atoms with van der Waals surface area (Å²) < 4.78 is 0. The van der Waals surface area contributed by atoms with Crippen molar-refractivity contribution in [1.29, 1.82) is 0 Å². The van der Waals surface area contributed by atoms with Crippen molar-refractivity contribution in [2.45, 2.75) is 37.6 Å². The maximum atomic E-state index is 3.75. The molecule has 16 heavy (non-hydrogen) atoms. The van der Waals surface area contributed by atoms with Crippen molar-refractivity contribution in [3.63, 3.8) is 0 Å². The summed E-state index contributed by atoms with van der Waals surface area (Å²) in [5.41, 5.74) is 1.26. The van der Waals surface area contributed by atoms with Gasteiger partial charge in [-0.2, -0.15) is 0 Å². The van der Waals surface area contributed by atoms with Crippen molar-refractivity contribution >= 4 is 17.4 Å². The summed E-state index contributed by atoms with van der Waals surface area (Å²) >= 11 is 1.89. The van der Waals surface area contributed by atoms with Crippen LogP contribution in [0.1, 0.15) is 26.7 Å². The second-order valence-corrected chi connectivity index (χ2v) is 5.15. The highest BCUT2D eigenvalue weighted by Gasteiger charge is 2.04. The molecule has 0 spiro atoms. The Kier molecular flexibility index (Phi) is 6.09. The summed E-state index contributed by atoms with van der Waals surface area (Å²) in [6.45, 7) is 8.16. The lowest BCUT2D eigenvalue weighted by Crippen LogP contribution is -2.15. The molecule has 2 heteroatoms. The van der Waals surface area contributed by atoms with Gasteiger partial charge in [0.25, 0.3) is 0 Å². The van der Waals surface area contributed by atoms with Gasteiger partial charge in [0, 0.05) is 16.6 Å². The van der Waals surface area contributed by atoms with Gasteiger partial charge in [-0.15, -0.1) is 18.3 Å². The third-order valence-electron chi connectivity index (χ3n) is 2.39. The van der Waals surface area contributed by atoms with Gasteiger partial charge >= 0.3 is 0 Å². The number of hydrogen-bond acceptors (Lipinski definition) is 2. The van der Waals surface area contributed by atoms with E-state index in [9.17, 15) is 0 Å². The fourth-order valence-electron chi connectivity index (χ4n) is 1.57. The summed E-state index contributed by atoms with van der Waals surface area (Å²) in [6, 6.07) is 9.01. The summed E-state index contributed by atoms with van der Waals surface area (Å²) in [4.78, 5) is 1.34. The van der Waals surface area contributed by atoms with Crippen LogP contribution in [0.5, 0.6) is 0 Å². The zero-order chi connectivity index (χ0) is 11.8. The number of hydrogen-bond donors (Lipinski definition) is 1. The maximum absolute atomic E-state index is 3.75. The van der Waals surface area contributed by atoms with E-state index in [4.69, 9.17) is 0 Å². The van der Waals surface area contributed by atoms with Crippen molar-refractivity contribution < 1.29 is 0 Å². The summed E-state index contributed by atoms with van der Waals surface area (Å²) in [7, 11) is 0. The molecule has 0 heterocycles. The number of thioether (sulfide) groups is 1. The number of anilines is 1. The molecule has 0 amide bonds. The van der Waals surface area contributed by atoms with E-state index < -0.39 is 0 Å². The molecule has 0 aliphatic heterocycles.